The van der Waals surface area contributed by atoms with Crippen molar-refractivity contribution in [3.8, 4) is 0 Å². The molecule has 1 aromatic carbocycles. The molecule has 1 amide bonds. The van der Waals surface area contributed by atoms with E-state index in [0.29, 0.717) is 24.6 Å². The fraction of sp³-hybridized carbons (Fsp3) is 0.640. The Morgan fingerprint density at radius 2 is 1.86 bits per heavy atom. The molecule has 4 rings (SSSR count). The third-order valence-corrected chi connectivity index (χ3v) is 9.24. The van der Waals surface area contributed by atoms with Crippen molar-refractivity contribution >= 4 is 15.9 Å². The second-order valence-corrected chi connectivity index (χ2v) is 12.1. The highest BCUT2D eigenvalue weighted by molar-refractivity contribution is 7.89. The van der Waals surface area contributed by atoms with Crippen LogP contribution in [0.25, 0.3) is 0 Å². The smallest absolute Gasteiger partial charge is 0.241 e. The molecule has 2 fully saturated rings. The second-order valence-electron chi connectivity index (χ2n) is 10.0. The summed E-state index contributed by atoms with van der Waals surface area (Å²) in [6.07, 6.45) is 11.4. The predicted molar refractivity (Wildman–Crippen MR) is 131 cm³/mol. The van der Waals surface area contributed by atoms with Crippen LogP contribution in [0.2, 0.25) is 0 Å². The first-order chi connectivity index (χ1) is 16.8. The van der Waals surface area contributed by atoms with Crippen molar-refractivity contribution in [1.82, 2.24) is 24.4 Å². The molecule has 8 nitrogen and oxygen atoms in total. The molecule has 1 saturated carbocycles. The zero-order chi connectivity index (χ0) is 24.9. The van der Waals surface area contributed by atoms with E-state index in [9.17, 15) is 17.6 Å². The first kappa shape index (κ1) is 25.8. The second kappa shape index (κ2) is 11.2. The van der Waals surface area contributed by atoms with Gasteiger partial charge in [0.2, 0.25) is 15.9 Å². The van der Waals surface area contributed by atoms with Crippen molar-refractivity contribution < 1.29 is 17.6 Å². The Hall–Kier alpha value is -2.33. The number of likely N-dealkylation sites (tertiary alicyclic amines) is 1. The summed E-state index contributed by atoms with van der Waals surface area (Å²) in [5, 5.41) is 4.36. The lowest BCUT2D eigenvalue weighted by Crippen LogP contribution is -2.54. The van der Waals surface area contributed by atoms with Gasteiger partial charge in [-0.2, -0.15) is 5.10 Å². The minimum atomic E-state index is -3.60. The van der Waals surface area contributed by atoms with Crippen LogP contribution in [0.1, 0.15) is 57.4 Å². The Balaban J connectivity index is 1.49. The molecule has 1 aromatic heterocycles. The highest BCUT2D eigenvalue weighted by atomic mass is 32.2. The summed E-state index contributed by atoms with van der Waals surface area (Å²) >= 11 is 0. The molecule has 1 aliphatic carbocycles. The van der Waals surface area contributed by atoms with Gasteiger partial charge in [-0.25, -0.2) is 22.5 Å². The van der Waals surface area contributed by atoms with E-state index in [1.165, 1.54) is 44.2 Å². The molecule has 1 N–H and O–H groups in total. The molecule has 0 spiro atoms. The summed E-state index contributed by atoms with van der Waals surface area (Å²) in [6, 6.07) is 4.93. The standard InChI is InChI=1S/C25H36FN5O3S/c1-2-35(33,34)29-23(16-20-8-10-22(26)11-9-20)24(32)30-14-12-25(13-15-30,17-31-19-27-18-28-31)21-6-4-3-5-7-21/h8-11,18-19,21,23,29H,2-7,12-17H2,1H3/t23-/m1/s1. The number of hydrogen-bond acceptors (Lipinski definition) is 5. The minimum absolute atomic E-state index is 0.0558. The number of amides is 1. The van der Waals surface area contributed by atoms with Crippen LogP contribution < -0.4 is 4.72 Å². The molecule has 2 aliphatic rings. The topological polar surface area (TPSA) is 97.2 Å². The number of sulfonamides is 1. The van der Waals surface area contributed by atoms with Crippen LogP contribution in [0.15, 0.2) is 36.9 Å². The van der Waals surface area contributed by atoms with Gasteiger partial charge in [-0.15, -0.1) is 0 Å². The Morgan fingerprint density at radius 3 is 2.46 bits per heavy atom. The summed E-state index contributed by atoms with van der Waals surface area (Å²) in [5.74, 6) is -0.105. The lowest BCUT2D eigenvalue weighted by molar-refractivity contribution is -0.136. The predicted octanol–water partition coefficient (Wildman–Crippen LogP) is 3.16. The maximum absolute atomic E-state index is 13.6. The van der Waals surface area contributed by atoms with Gasteiger partial charge in [0.1, 0.15) is 24.5 Å². The fourth-order valence-electron chi connectivity index (χ4n) is 5.78. The number of rotatable bonds is 9. The highest BCUT2D eigenvalue weighted by Gasteiger charge is 2.44. The summed E-state index contributed by atoms with van der Waals surface area (Å²) < 4.78 is 42.6. The molecule has 192 valence electrons. The van der Waals surface area contributed by atoms with Gasteiger partial charge in [0.15, 0.2) is 0 Å². The number of halogens is 1. The fourth-order valence-corrected chi connectivity index (χ4v) is 6.56. The maximum Gasteiger partial charge on any atom is 0.241 e. The maximum atomic E-state index is 13.6. The van der Waals surface area contributed by atoms with Crippen molar-refractivity contribution in [2.24, 2.45) is 11.3 Å². The third kappa shape index (κ3) is 6.46. The monoisotopic (exact) mass is 505 g/mol. The number of piperidine rings is 1. The molecule has 2 aromatic rings. The van der Waals surface area contributed by atoms with Crippen LogP contribution in [0.4, 0.5) is 4.39 Å². The average molecular weight is 506 g/mol. The van der Waals surface area contributed by atoms with E-state index in [2.05, 4.69) is 14.8 Å². The molecular formula is C25H36FN5O3S. The van der Waals surface area contributed by atoms with E-state index < -0.39 is 16.1 Å². The van der Waals surface area contributed by atoms with Crippen molar-refractivity contribution in [3.05, 3.63) is 48.3 Å². The van der Waals surface area contributed by atoms with Crippen molar-refractivity contribution in [1.29, 1.82) is 0 Å². The Labute approximate surface area is 207 Å². The lowest BCUT2D eigenvalue weighted by Gasteiger charge is -2.48. The van der Waals surface area contributed by atoms with Gasteiger partial charge in [-0.3, -0.25) is 9.48 Å². The van der Waals surface area contributed by atoms with Gasteiger partial charge in [0.25, 0.3) is 0 Å². The zero-order valence-electron chi connectivity index (χ0n) is 20.4. The number of aromatic nitrogens is 3. The van der Waals surface area contributed by atoms with E-state index in [-0.39, 0.29) is 29.3 Å². The van der Waals surface area contributed by atoms with Gasteiger partial charge in [0.05, 0.1) is 5.75 Å². The number of carbonyl (C=O) groups excluding carboxylic acids is 1. The van der Waals surface area contributed by atoms with Crippen molar-refractivity contribution in [2.75, 3.05) is 18.8 Å². The Kier molecular flexibility index (Phi) is 8.21. The number of nitrogens with one attached hydrogen (secondary N) is 1. The summed E-state index contributed by atoms with van der Waals surface area (Å²) in [7, 11) is -3.60. The van der Waals surface area contributed by atoms with E-state index in [0.717, 1.165) is 19.4 Å². The van der Waals surface area contributed by atoms with Crippen LogP contribution in [-0.2, 0) is 27.8 Å². The van der Waals surface area contributed by atoms with Crippen LogP contribution in [-0.4, -0.2) is 58.9 Å². The van der Waals surface area contributed by atoms with Gasteiger partial charge < -0.3 is 4.90 Å². The van der Waals surface area contributed by atoms with E-state index in [1.54, 1.807) is 36.6 Å². The Bertz CT molecular complexity index is 1060. The molecule has 1 saturated heterocycles. The number of carbonyl (C=O) groups is 1. The molecule has 1 atom stereocenters. The molecule has 1 aliphatic heterocycles. The SMILES string of the molecule is CCS(=O)(=O)N[C@H](Cc1ccc(F)cc1)C(=O)N1CCC(Cn2cncn2)(C2CCCCC2)CC1. The van der Waals surface area contributed by atoms with Crippen LogP contribution >= 0.6 is 0 Å². The van der Waals surface area contributed by atoms with Crippen LogP contribution in [0.3, 0.4) is 0 Å². The summed E-state index contributed by atoms with van der Waals surface area (Å²) in [6.45, 7) is 3.50. The number of benzene rings is 1. The molecule has 35 heavy (non-hydrogen) atoms. The van der Waals surface area contributed by atoms with Crippen LogP contribution in [0.5, 0.6) is 0 Å². The molecule has 0 unspecified atom stereocenters. The first-order valence-electron chi connectivity index (χ1n) is 12.7. The highest BCUT2D eigenvalue weighted by Crippen LogP contribution is 2.47. The van der Waals surface area contributed by atoms with Crippen LogP contribution in [0, 0.1) is 17.2 Å². The number of hydrogen-bond donors (Lipinski definition) is 1. The van der Waals surface area contributed by atoms with Gasteiger partial charge in [-0.05, 0) is 68.1 Å². The lowest BCUT2D eigenvalue weighted by atomic mass is 9.63. The molecular weight excluding hydrogens is 469 g/mol. The van der Waals surface area contributed by atoms with E-state index in [4.69, 9.17) is 0 Å². The summed E-state index contributed by atoms with van der Waals surface area (Å²) in [5.41, 5.74) is 0.767. The van der Waals surface area contributed by atoms with Gasteiger partial charge in [0, 0.05) is 19.6 Å². The minimum Gasteiger partial charge on any atom is -0.341 e. The van der Waals surface area contributed by atoms with Gasteiger partial charge >= 0.3 is 0 Å². The van der Waals surface area contributed by atoms with E-state index >= 15 is 0 Å². The average Bonchev–Trinajstić information content (AvgIpc) is 3.38. The largest absolute Gasteiger partial charge is 0.341 e. The molecule has 0 radical (unpaired) electrons. The quantitative estimate of drug-likeness (QED) is 0.565. The molecule has 2 heterocycles. The normalized spacial score (nSPS) is 20.0. The summed E-state index contributed by atoms with van der Waals surface area (Å²) in [4.78, 5) is 19.5. The first-order valence-corrected chi connectivity index (χ1v) is 14.3. The molecule has 10 heteroatoms. The third-order valence-electron chi connectivity index (χ3n) is 7.84. The zero-order valence-corrected chi connectivity index (χ0v) is 21.2. The van der Waals surface area contributed by atoms with Crippen molar-refractivity contribution in [2.45, 2.75) is 70.9 Å². The number of nitrogens with zero attached hydrogens (tertiary/aromatic N) is 4. The Morgan fingerprint density at radius 1 is 1.17 bits per heavy atom. The molecule has 0 bridgehead atoms. The van der Waals surface area contributed by atoms with E-state index in [1.807, 2.05) is 4.68 Å². The van der Waals surface area contributed by atoms with Crippen molar-refractivity contribution in [3.63, 3.8) is 0 Å². The van der Waals surface area contributed by atoms with Gasteiger partial charge in [-0.1, -0.05) is 31.4 Å².